The predicted molar refractivity (Wildman–Crippen MR) is 116 cm³/mol. The SMILES string of the molecule is Cc1cccc(CN2CCN(C(=O)CSc3ccnc4ccccc34)CC2)c1. The second-order valence-corrected chi connectivity index (χ2v) is 8.28. The lowest BCUT2D eigenvalue weighted by atomic mass is 10.1. The minimum absolute atomic E-state index is 0.223. The molecule has 0 N–H and O–H groups in total. The fraction of sp³-hybridized carbons (Fsp3) is 0.304. The average Bonchev–Trinajstić information content (AvgIpc) is 2.72. The minimum atomic E-state index is 0.223. The topological polar surface area (TPSA) is 36.4 Å². The first-order valence-corrected chi connectivity index (χ1v) is 10.7. The van der Waals surface area contributed by atoms with Gasteiger partial charge >= 0.3 is 0 Å². The number of para-hydroxylation sites is 1. The zero-order valence-corrected chi connectivity index (χ0v) is 17.0. The fourth-order valence-corrected chi connectivity index (χ4v) is 4.60. The van der Waals surface area contributed by atoms with Crippen LogP contribution in [0.1, 0.15) is 11.1 Å². The van der Waals surface area contributed by atoms with Gasteiger partial charge in [0.05, 0.1) is 11.3 Å². The highest BCUT2D eigenvalue weighted by Crippen LogP contribution is 2.26. The van der Waals surface area contributed by atoms with Crippen molar-refractivity contribution in [3.8, 4) is 0 Å². The molecule has 0 bridgehead atoms. The first kappa shape index (κ1) is 19.0. The van der Waals surface area contributed by atoms with E-state index >= 15 is 0 Å². The van der Waals surface area contributed by atoms with Crippen molar-refractivity contribution in [1.82, 2.24) is 14.8 Å². The van der Waals surface area contributed by atoms with Crippen LogP contribution in [0.15, 0.2) is 65.7 Å². The van der Waals surface area contributed by atoms with E-state index in [-0.39, 0.29) is 5.91 Å². The Morgan fingerprint density at radius 3 is 2.68 bits per heavy atom. The molecule has 0 unspecified atom stereocenters. The number of thioether (sulfide) groups is 1. The third kappa shape index (κ3) is 4.54. The molecule has 2 aromatic carbocycles. The Morgan fingerprint density at radius 1 is 1.04 bits per heavy atom. The number of hydrogen-bond acceptors (Lipinski definition) is 4. The van der Waals surface area contributed by atoms with Crippen molar-refractivity contribution < 1.29 is 4.79 Å². The number of piperazine rings is 1. The van der Waals surface area contributed by atoms with E-state index in [1.165, 1.54) is 11.1 Å². The molecule has 5 heteroatoms. The molecule has 1 fully saturated rings. The zero-order chi connectivity index (χ0) is 19.3. The van der Waals surface area contributed by atoms with Gasteiger partial charge in [-0.1, -0.05) is 48.0 Å². The quantitative estimate of drug-likeness (QED) is 0.617. The summed E-state index contributed by atoms with van der Waals surface area (Å²) < 4.78 is 0. The highest BCUT2D eigenvalue weighted by Gasteiger charge is 2.21. The van der Waals surface area contributed by atoms with E-state index in [0.717, 1.165) is 48.5 Å². The number of rotatable bonds is 5. The van der Waals surface area contributed by atoms with Crippen molar-refractivity contribution in [2.45, 2.75) is 18.4 Å². The van der Waals surface area contributed by atoms with Crippen molar-refractivity contribution in [2.75, 3.05) is 31.9 Å². The number of nitrogens with zero attached hydrogens (tertiary/aromatic N) is 3. The molecule has 0 atom stereocenters. The van der Waals surface area contributed by atoms with E-state index in [2.05, 4.69) is 47.1 Å². The van der Waals surface area contributed by atoms with Crippen LogP contribution in [0.25, 0.3) is 10.9 Å². The molecule has 0 aliphatic carbocycles. The van der Waals surface area contributed by atoms with Gasteiger partial charge in [-0.05, 0) is 24.6 Å². The molecule has 1 aliphatic rings. The first-order chi connectivity index (χ1) is 13.7. The zero-order valence-electron chi connectivity index (χ0n) is 16.2. The third-order valence-corrected chi connectivity index (χ3v) is 6.23. The Balaban J connectivity index is 1.29. The summed E-state index contributed by atoms with van der Waals surface area (Å²) in [6.45, 7) is 6.57. The molecule has 0 spiro atoms. The molecule has 144 valence electrons. The molecule has 0 saturated carbocycles. The second-order valence-electron chi connectivity index (χ2n) is 7.26. The van der Waals surface area contributed by atoms with Gasteiger partial charge in [-0.3, -0.25) is 14.7 Å². The number of amides is 1. The summed E-state index contributed by atoms with van der Waals surface area (Å²) in [4.78, 5) is 22.6. The standard InChI is InChI=1S/C23H25N3OS/c1-18-5-4-6-19(15-18)16-25-11-13-26(14-12-25)23(27)17-28-22-9-10-24-21-8-3-2-7-20(21)22/h2-10,15H,11-14,16-17H2,1H3. The summed E-state index contributed by atoms with van der Waals surface area (Å²) in [6.07, 6.45) is 1.82. The molecular weight excluding hydrogens is 366 g/mol. The van der Waals surface area contributed by atoms with Crippen LogP contribution in [-0.2, 0) is 11.3 Å². The van der Waals surface area contributed by atoms with Crippen LogP contribution in [0.2, 0.25) is 0 Å². The van der Waals surface area contributed by atoms with Crippen LogP contribution in [0.4, 0.5) is 0 Å². The van der Waals surface area contributed by atoms with Gasteiger partial charge in [0, 0.05) is 49.2 Å². The highest BCUT2D eigenvalue weighted by molar-refractivity contribution is 8.00. The van der Waals surface area contributed by atoms with Crippen molar-refractivity contribution in [3.63, 3.8) is 0 Å². The molecule has 1 aliphatic heterocycles. The van der Waals surface area contributed by atoms with Crippen LogP contribution in [0, 0.1) is 6.92 Å². The molecule has 1 saturated heterocycles. The van der Waals surface area contributed by atoms with Crippen LogP contribution in [0.3, 0.4) is 0 Å². The summed E-state index contributed by atoms with van der Waals surface area (Å²) in [5.41, 5.74) is 3.62. The van der Waals surface area contributed by atoms with Crippen molar-refractivity contribution >= 4 is 28.6 Å². The van der Waals surface area contributed by atoms with Crippen LogP contribution >= 0.6 is 11.8 Å². The number of hydrogen-bond donors (Lipinski definition) is 0. The Labute approximate surface area is 170 Å². The second kappa shape index (κ2) is 8.76. The van der Waals surface area contributed by atoms with Crippen molar-refractivity contribution in [1.29, 1.82) is 0 Å². The number of carbonyl (C=O) groups excluding carboxylic acids is 1. The molecule has 28 heavy (non-hydrogen) atoms. The smallest absolute Gasteiger partial charge is 0.233 e. The van der Waals surface area contributed by atoms with Crippen LogP contribution in [-0.4, -0.2) is 52.6 Å². The highest BCUT2D eigenvalue weighted by atomic mass is 32.2. The van der Waals surface area contributed by atoms with Crippen molar-refractivity contribution in [3.05, 3.63) is 71.9 Å². The van der Waals surface area contributed by atoms with Gasteiger partial charge in [-0.25, -0.2) is 0 Å². The Kier molecular flexibility index (Phi) is 5.93. The van der Waals surface area contributed by atoms with Gasteiger partial charge in [0.1, 0.15) is 0 Å². The lowest BCUT2D eigenvalue weighted by molar-refractivity contribution is -0.130. The van der Waals surface area contributed by atoms with E-state index in [1.54, 1.807) is 11.8 Å². The van der Waals surface area contributed by atoms with Gasteiger partial charge in [0.2, 0.25) is 5.91 Å². The van der Waals surface area contributed by atoms with Gasteiger partial charge in [0.25, 0.3) is 0 Å². The lowest BCUT2D eigenvalue weighted by Gasteiger charge is -2.34. The summed E-state index contributed by atoms with van der Waals surface area (Å²) in [7, 11) is 0. The molecule has 1 amide bonds. The van der Waals surface area contributed by atoms with E-state index < -0.39 is 0 Å². The molecule has 2 heterocycles. The summed E-state index contributed by atoms with van der Waals surface area (Å²) >= 11 is 1.61. The fourth-order valence-electron chi connectivity index (χ4n) is 3.65. The maximum atomic E-state index is 12.7. The Morgan fingerprint density at radius 2 is 1.86 bits per heavy atom. The van der Waals surface area contributed by atoms with Crippen molar-refractivity contribution in [2.24, 2.45) is 0 Å². The first-order valence-electron chi connectivity index (χ1n) is 9.71. The number of aromatic nitrogens is 1. The number of pyridine rings is 1. The Hall–Kier alpha value is -2.37. The predicted octanol–water partition coefficient (Wildman–Crippen LogP) is 3.98. The largest absolute Gasteiger partial charge is 0.339 e. The van der Waals surface area contributed by atoms with E-state index in [0.29, 0.717) is 5.75 Å². The van der Waals surface area contributed by atoms with Gasteiger partial charge in [-0.2, -0.15) is 0 Å². The van der Waals surface area contributed by atoms with E-state index in [4.69, 9.17) is 0 Å². The molecule has 1 aromatic heterocycles. The van der Waals surface area contributed by atoms with E-state index in [9.17, 15) is 4.79 Å². The summed E-state index contributed by atoms with van der Waals surface area (Å²) in [5, 5.41) is 1.12. The Bertz CT molecular complexity index is 961. The number of fused-ring (bicyclic) bond motifs is 1. The number of benzene rings is 2. The minimum Gasteiger partial charge on any atom is -0.339 e. The number of aryl methyl sites for hydroxylation is 1. The maximum absolute atomic E-state index is 12.7. The molecule has 0 radical (unpaired) electrons. The molecular formula is C23H25N3OS. The monoisotopic (exact) mass is 391 g/mol. The summed E-state index contributed by atoms with van der Waals surface area (Å²) in [6, 6.07) is 18.8. The normalized spacial score (nSPS) is 15.1. The molecule has 3 aromatic rings. The van der Waals surface area contributed by atoms with Crippen LogP contribution < -0.4 is 0 Å². The number of carbonyl (C=O) groups is 1. The lowest BCUT2D eigenvalue weighted by Crippen LogP contribution is -2.48. The van der Waals surface area contributed by atoms with E-state index in [1.807, 2.05) is 35.4 Å². The molecule has 4 rings (SSSR count). The van der Waals surface area contributed by atoms with Crippen LogP contribution in [0.5, 0.6) is 0 Å². The molecule has 4 nitrogen and oxygen atoms in total. The third-order valence-electron chi connectivity index (χ3n) is 5.17. The van der Waals surface area contributed by atoms with Gasteiger partial charge in [0.15, 0.2) is 0 Å². The maximum Gasteiger partial charge on any atom is 0.233 e. The average molecular weight is 392 g/mol. The van der Waals surface area contributed by atoms with Gasteiger partial charge in [-0.15, -0.1) is 11.8 Å². The van der Waals surface area contributed by atoms with Gasteiger partial charge < -0.3 is 4.90 Å². The summed E-state index contributed by atoms with van der Waals surface area (Å²) in [5.74, 6) is 0.701.